The fraction of sp³-hybridized carbons (Fsp3) is 0.111. The highest BCUT2D eigenvalue weighted by Gasteiger charge is 2.13. The molecule has 2 N–H and O–H groups in total. The van der Waals surface area contributed by atoms with Crippen molar-refractivity contribution < 1.29 is 14.3 Å². The maximum Gasteiger partial charge on any atom is 0.255 e. The number of allylic oxidation sites excluding steroid dienone is 1. The summed E-state index contributed by atoms with van der Waals surface area (Å²) in [5.41, 5.74) is 7.24. The van der Waals surface area contributed by atoms with Gasteiger partial charge < -0.3 is 15.2 Å². The summed E-state index contributed by atoms with van der Waals surface area (Å²) in [6.07, 6.45) is 1.77. The summed E-state index contributed by atoms with van der Waals surface area (Å²) in [5.74, 6) is 0.345. The minimum atomic E-state index is -0.566. The zero-order chi connectivity index (χ0) is 18.4. The van der Waals surface area contributed by atoms with E-state index in [2.05, 4.69) is 44.6 Å². The van der Waals surface area contributed by atoms with Gasteiger partial charge >= 0.3 is 0 Å². The highest BCUT2D eigenvalue weighted by molar-refractivity contribution is 14.1. The minimum Gasteiger partial charge on any atom is -0.493 e. The quantitative estimate of drug-likeness (QED) is 0.360. The van der Waals surface area contributed by atoms with Crippen LogP contribution in [0.2, 0.25) is 0 Å². The number of benzene rings is 2. The molecule has 2 aromatic rings. The van der Waals surface area contributed by atoms with Crippen LogP contribution in [0.1, 0.15) is 11.1 Å². The Morgan fingerprint density at radius 1 is 1.36 bits per heavy atom. The van der Waals surface area contributed by atoms with E-state index in [4.69, 9.17) is 15.2 Å². The molecular formula is C18H14BrIN2O3. The molecule has 5 nitrogen and oxygen atoms in total. The Kier molecular flexibility index (Phi) is 6.84. The van der Waals surface area contributed by atoms with Gasteiger partial charge in [-0.15, -0.1) is 0 Å². The molecular weight excluding hydrogens is 499 g/mol. The molecule has 0 aliphatic rings. The highest BCUT2D eigenvalue weighted by atomic mass is 127. The Morgan fingerprint density at radius 2 is 2.04 bits per heavy atom. The molecule has 0 fully saturated rings. The maximum atomic E-state index is 10.9. The van der Waals surface area contributed by atoms with E-state index in [1.54, 1.807) is 12.1 Å². The Hall–Kier alpha value is -2.05. The molecule has 0 bridgehead atoms. The van der Waals surface area contributed by atoms with Gasteiger partial charge in [-0.3, -0.25) is 4.79 Å². The average molecular weight is 513 g/mol. The predicted octanol–water partition coefficient (Wildman–Crippen LogP) is 3.99. The van der Waals surface area contributed by atoms with E-state index in [1.165, 1.54) is 7.11 Å². The van der Waals surface area contributed by atoms with Crippen LogP contribution in [0.3, 0.4) is 0 Å². The number of amides is 1. The fourth-order valence-electron chi connectivity index (χ4n) is 2.08. The third kappa shape index (κ3) is 5.21. The van der Waals surface area contributed by atoms with E-state index in [9.17, 15) is 10.1 Å². The number of carbonyl (C=O) groups excluding carboxylic acids is 1. The SMILES string of the molecule is COc1cc(/C=C(\C#N)c2ccc(Br)cc2)cc(I)c1OCC(N)=O. The van der Waals surface area contributed by atoms with Crippen LogP contribution in [0.5, 0.6) is 11.5 Å². The molecule has 0 saturated heterocycles. The number of rotatable bonds is 6. The molecule has 0 spiro atoms. The van der Waals surface area contributed by atoms with Crippen molar-refractivity contribution in [2.75, 3.05) is 13.7 Å². The second-order valence-corrected chi connectivity index (χ2v) is 7.04. The first-order chi connectivity index (χ1) is 11.9. The van der Waals surface area contributed by atoms with Gasteiger partial charge in [-0.1, -0.05) is 28.1 Å². The number of methoxy groups -OCH3 is 1. The standard InChI is InChI=1S/C18H14BrIN2O3/c1-24-16-8-11(7-15(20)18(16)25-10-17(22)23)6-13(9-21)12-2-4-14(19)5-3-12/h2-8H,10H2,1H3,(H2,22,23)/b13-6+. The number of carbonyl (C=O) groups is 1. The molecule has 0 atom stereocenters. The van der Waals surface area contributed by atoms with Gasteiger partial charge in [0.15, 0.2) is 18.1 Å². The topological polar surface area (TPSA) is 85.3 Å². The second-order valence-electron chi connectivity index (χ2n) is 4.97. The van der Waals surface area contributed by atoms with Gasteiger partial charge in [0.2, 0.25) is 0 Å². The number of ether oxygens (including phenoxy) is 2. The van der Waals surface area contributed by atoms with Gasteiger partial charge in [-0.2, -0.15) is 5.26 Å². The van der Waals surface area contributed by atoms with Crippen molar-refractivity contribution in [1.29, 1.82) is 5.26 Å². The van der Waals surface area contributed by atoms with E-state index >= 15 is 0 Å². The monoisotopic (exact) mass is 512 g/mol. The van der Waals surface area contributed by atoms with Gasteiger partial charge in [0.1, 0.15) is 0 Å². The van der Waals surface area contributed by atoms with Crippen LogP contribution >= 0.6 is 38.5 Å². The van der Waals surface area contributed by atoms with Crippen LogP contribution in [0, 0.1) is 14.9 Å². The number of hydrogen-bond donors (Lipinski definition) is 1. The molecule has 0 aromatic heterocycles. The van der Waals surface area contributed by atoms with Gasteiger partial charge in [0.05, 0.1) is 22.3 Å². The summed E-state index contributed by atoms with van der Waals surface area (Å²) >= 11 is 5.46. The molecule has 0 saturated carbocycles. The van der Waals surface area contributed by atoms with Crippen molar-refractivity contribution >= 4 is 56.1 Å². The zero-order valence-corrected chi connectivity index (χ0v) is 17.0. The van der Waals surface area contributed by atoms with Crippen molar-refractivity contribution in [3.63, 3.8) is 0 Å². The van der Waals surface area contributed by atoms with E-state index in [1.807, 2.05) is 30.3 Å². The lowest BCUT2D eigenvalue weighted by Gasteiger charge is -2.12. The van der Waals surface area contributed by atoms with E-state index in [0.29, 0.717) is 17.1 Å². The molecule has 0 aliphatic heterocycles. The lowest BCUT2D eigenvalue weighted by atomic mass is 10.0. The van der Waals surface area contributed by atoms with Crippen LogP contribution in [0.25, 0.3) is 11.6 Å². The molecule has 0 unspecified atom stereocenters. The summed E-state index contributed by atoms with van der Waals surface area (Å²) in [4.78, 5) is 10.9. The molecule has 0 aliphatic carbocycles. The average Bonchev–Trinajstić information content (AvgIpc) is 2.59. The highest BCUT2D eigenvalue weighted by Crippen LogP contribution is 2.35. The summed E-state index contributed by atoms with van der Waals surface area (Å²) in [6, 6.07) is 13.3. The zero-order valence-electron chi connectivity index (χ0n) is 13.3. The van der Waals surface area contributed by atoms with Crippen LogP contribution in [-0.4, -0.2) is 19.6 Å². The van der Waals surface area contributed by atoms with Gasteiger partial charge in [0.25, 0.3) is 5.91 Å². The van der Waals surface area contributed by atoms with Crippen molar-refractivity contribution in [1.82, 2.24) is 0 Å². The molecule has 128 valence electrons. The van der Waals surface area contributed by atoms with Crippen LogP contribution in [0.15, 0.2) is 40.9 Å². The molecule has 1 amide bonds. The Balaban J connectivity index is 2.41. The third-order valence-electron chi connectivity index (χ3n) is 3.20. The smallest absolute Gasteiger partial charge is 0.255 e. The number of nitrogens with two attached hydrogens (primary N) is 1. The first-order valence-corrected chi connectivity index (χ1v) is 8.98. The number of nitrogens with zero attached hydrogens (tertiary/aromatic N) is 1. The van der Waals surface area contributed by atoms with E-state index in [0.717, 1.165) is 19.2 Å². The number of primary amides is 1. The Morgan fingerprint density at radius 3 is 2.60 bits per heavy atom. The van der Waals surface area contributed by atoms with Crippen LogP contribution < -0.4 is 15.2 Å². The van der Waals surface area contributed by atoms with E-state index < -0.39 is 5.91 Å². The molecule has 7 heteroatoms. The molecule has 2 rings (SSSR count). The normalized spacial score (nSPS) is 10.9. The van der Waals surface area contributed by atoms with Gasteiger partial charge in [-0.05, 0) is 64.1 Å². The summed E-state index contributed by atoms with van der Waals surface area (Å²) in [7, 11) is 1.51. The van der Waals surface area contributed by atoms with Crippen molar-refractivity contribution in [2.45, 2.75) is 0 Å². The first-order valence-electron chi connectivity index (χ1n) is 7.11. The Bertz CT molecular complexity index is 858. The number of nitriles is 1. The van der Waals surface area contributed by atoms with Crippen LogP contribution in [-0.2, 0) is 4.79 Å². The maximum absolute atomic E-state index is 10.9. The molecule has 25 heavy (non-hydrogen) atoms. The summed E-state index contributed by atoms with van der Waals surface area (Å²) in [5, 5.41) is 9.47. The van der Waals surface area contributed by atoms with Crippen LogP contribution in [0.4, 0.5) is 0 Å². The fourth-order valence-corrected chi connectivity index (χ4v) is 3.13. The van der Waals surface area contributed by atoms with Crippen molar-refractivity contribution in [3.8, 4) is 17.6 Å². The largest absolute Gasteiger partial charge is 0.493 e. The first kappa shape index (κ1) is 19.3. The molecule has 0 heterocycles. The molecule has 2 aromatic carbocycles. The van der Waals surface area contributed by atoms with Crippen molar-refractivity contribution in [3.05, 3.63) is 55.6 Å². The lowest BCUT2D eigenvalue weighted by Crippen LogP contribution is -2.20. The van der Waals surface area contributed by atoms with Gasteiger partial charge in [-0.25, -0.2) is 0 Å². The van der Waals surface area contributed by atoms with Gasteiger partial charge in [0, 0.05) is 4.47 Å². The predicted molar refractivity (Wildman–Crippen MR) is 108 cm³/mol. The van der Waals surface area contributed by atoms with E-state index in [-0.39, 0.29) is 6.61 Å². The lowest BCUT2D eigenvalue weighted by molar-refractivity contribution is -0.119. The Labute approximate surface area is 167 Å². The number of hydrogen-bond acceptors (Lipinski definition) is 4. The minimum absolute atomic E-state index is 0.232. The summed E-state index contributed by atoms with van der Waals surface area (Å²) < 4.78 is 12.4. The second kappa shape index (κ2) is 8.87. The number of halogens is 2. The third-order valence-corrected chi connectivity index (χ3v) is 4.53. The van der Waals surface area contributed by atoms with Crippen molar-refractivity contribution in [2.24, 2.45) is 5.73 Å². The summed E-state index contributed by atoms with van der Waals surface area (Å²) in [6.45, 7) is -0.232. The molecule has 0 radical (unpaired) electrons.